The van der Waals surface area contributed by atoms with Crippen LogP contribution in [0.5, 0.6) is 0 Å². The third-order valence-corrected chi connectivity index (χ3v) is 3.15. The van der Waals surface area contributed by atoms with Crippen LogP contribution < -0.4 is 0 Å². The van der Waals surface area contributed by atoms with E-state index in [1.807, 2.05) is 41.9 Å². The Bertz CT molecular complexity index is 731. The molecule has 0 aliphatic heterocycles. The monoisotopic (exact) mass is 251 g/mol. The first-order chi connectivity index (χ1) is 9.25. The number of imidazole rings is 1. The molecule has 2 heterocycles. The van der Waals surface area contributed by atoms with E-state index in [4.69, 9.17) is 0 Å². The molecular formula is C15H13N3O. The van der Waals surface area contributed by atoms with Crippen molar-refractivity contribution in [1.29, 1.82) is 0 Å². The lowest BCUT2D eigenvalue weighted by Crippen LogP contribution is -2.09. The van der Waals surface area contributed by atoms with E-state index in [0.717, 1.165) is 16.9 Å². The predicted molar refractivity (Wildman–Crippen MR) is 73.0 cm³/mol. The first kappa shape index (κ1) is 11.6. The first-order valence-electron chi connectivity index (χ1n) is 6.10. The lowest BCUT2D eigenvalue weighted by atomic mass is 10.2. The summed E-state index contributed by atoms with van der Waals surface area (Å²) >= 11 is 0. The van der Waals surface area contributed by atoms with Gasteiger partial charge in [-0.15, -0.1) is 0 Å². The van der Waals surface area contributed by atoms with Crippen molar-refractivity contribution < 1.29 is 4.79 Å². The van der Waals surface area contributed by atoms with Crippen molar-refractivity contribution in [2.24, 2.45) is 7.05 Å². The topological polar surface area (TPSA) is 47.8 Å². The van der Waals surface area contributed by atoms with Crippen molar-refractivity contribution in [3.8, 4) is 0 Å². The Morgan fingerprint density at radius 2 is 1.95 bits per heavy atom. The lowest BCUT2D eigenvalue weighted by Gasteiger charge is -2.01. The number of carbonyl (C=O) groups excluding carboxylic acids is 1. The van der Waals surface area contributed by atoms with Gasteiger partial charge in [0.2, 0.25) is 0 Å². The second-order valence-corrected chi connectivity index (χ2v) is 4.39. The van der Waals surface area contributed by atoms with Crippen LogP contribution in [0.4, 0.5) is 0 Å². The molecule has 0 aliphatic rings. The average molecular weight is 251 g/mol. The number of hydrogen-bond donors (Lipinski definition) is 0. The van der Waals surface area contributed by atoms with Gasteiger partial charge < -0.3 is 4.57 Å². The standard InChI is InChI=1S/C15H13N3O/c1-18-13-8-3-2-6-11(13)17-15(18)10-14(19)12-7-4-5-9-16-12/h2-9H,10H2,1H3. The molecule has 0 saturated carbocycles. The first-order valence-corrected chi connectivity index (χ1v) is 6.10. The number of aromatic nitrogens is 3. The number of Topliss-reactive ketones (excluding diaryl/α,β-unsaturated/α-hetero) is 1. The Labute approximate surface area is 110 Å². The number of pyridine rings is 1. The molecule has 0 saturated heterocycles. The molecule has 0 spiro atoms. The second kappa shape index (κ2) is 4.65. The van der Waals surface area contributed by atoms with Crippen molar-refractivity contribution in [3.63, 3.8) is 0 Å². The van der Waals surface area contributed by atoms with Gasteiger partial charge in [0.25, 0.3) is 0 Å². The highest BCUT2D eigenvalue weighted by molar-refractivity contribution is 5.95. The van der Waals surface area contributed by atoms with Crippen LogP contribution >= 0.6 is 0 Å². The number of carbonyl (C=O) groups is 1. The summed E-state index contributed by atoms with van der Waals surface area (Å²) < 4.78 is 1.95. The van der Waals surface area contributed by atoms with Crippen molar-refractivity contribution in [3.05, 3.63) is 60.2 Å². The average Bonchev–Trinajstić information content (AvgIpc) is 2.77. The van der Waals surface area contributed by atoms with E-state index in [1.54, 1.807) is 18.3 Å². The Morgan fingerprint density at radius 3 is 2.68 bits per heavy atom. The van der Waals surface area contributed by atoms with Crippen LogP contribution in [0.25, 0.3) is 11.0 Å². The smallest absolute Gasteiger partial charge is 0.188 e. The summed E-state index contributed by atoms with van der Waals surface area (Å²) in [5.41, 5.74) is 2.43. The van der Waals surface area contributed by atoms with Gasteiger partial charge >= 0.3 is 0 Å². The fourth-order valence-corrected chi connectivity index (χ4v) is 2.12. The molecule has 0 N–H and O–H groups in total. The van der Waals surface area contributed by atoms with E-state index in [0.29, 0.717) is 5.69 Å². The lowest BCUT2D eigenvalue weighted by molar-refractivity contribution is 0.0985. The number of hydrogen-bond acceptors (Lipinski definition) is 3. The molecule has 3 rings (SSSR count). The molecule has 4 nitrogen and oxygen atoms in total. The third-order valence-electron chi connectivity index (χ3n) is 3.15. The molecule has 1 aromatic carbocycles. The normalized spacial score (nSPS) is 10.8. The van der Waals surface area contributed by atoms with E-state index < -0.39 is 0 Å². The molecule has 0 aliphatic carbocycles. The van der Waals surface area contributed by atoms with Crippen LogP contribution in [0.3, 0.4) is 0 Å². The van der Waals surface area contributed by atoms with Crippen LogP contribution in [-0.4, -0.2) is 20.3 Å². The van der Waals surface area contributed by atoms with Gasteiger partial charge in [-0.3, -0.25) is 9.78 Å². The summed E-state index contributed by atoms with van der Waals surface area (Å²) in [7, 11) is 1.93. The van der Waals surface area contributed by atoms with Gasteiger partial charge in [-0.25, -0.2) is 4.98 Å². The molecule has 0 radical (unpaired) electrons. The minimum atomic E-state index is -0.0148. The Morgan fingerprint density at radius 1 is 1.16 bits per heavy atom. The van der Waals surface area contributed by atoms with Crippen LogP contribution in [0.2, 0.25) is 0 Å². The Balaban J connectivity index is 1.94. The van der Waals surface area contributed by atoms with Gasteiger partial charge in [-0.05, 0) is 24.3 Å². The number of ketones is 1. The number of para-hydroxylation sites is 2. The zero-order chi connectivity index (χ0) is 13.2. The molecule has 4 heteroatoms. The van der Waals surface area contributed by atoms with E-state index in [2.05, 4.69) is 9.97 Å². The van der Waals surface area contributed by atoms with Crippen LogP contribution in [0.1, 0.15) is 16.3 Å². The molecule has 0 amide bonds. The fourth-order valence-electron chi connectivity index (χ4n) is 2.12. The van der Waals surface area contributed by atoms with Gasteiger partial charge in [0.1, 0.15) is 11.5 Å². The van der Waals surface area contributed by atoms with E-state index >= 15 is 0 Å². The zero-order valence-electron chi connectivity index (χ0n) is 10.6. The number of fused-ring (bicyclic) bond motifs is 1. The highest BCUT2D eigenvalue weighted by atomic mass is 16.1. The summed E-state index contributed by atoms with van der Waals surface area (Å²) in [6.45, 7) is 0. The summed E-state index contributed by atoms with van der Waals surface area (Å²) in [6, 6.07) is 13.2. The number of nitrogens with zero attached hydrogens (tertiary/aromatic N) is 3. The van der Waals surface area contributed by atoms with Crippen LogP contribution in [0.15, 0.2) is 48.7 Å². The zero-order valence-corrected chi connectivity index (χ0v) is 10.6. The van der Waals surface area contributed by atoms with Gasteiger partial charge in [-0.2, -0.15) is 0 Å². The summed E-state index contributed by atoms with van der Waals surface area (Å²) in [4.78, 5) is 20.7. The molecule has 0 unspecified atom stereocenters. The maximum atomic E-state index is 12.1. The Hall–Kier alpha value is -2.49. The van der Waals surface area contributed by atoms with E-state index in [9.17, 15) is 4.79 Å². The molecule has 19 heavy (non-hydrogen) atoms. The maximum Gasteiger partial charge on any atom is 0.188 e. The van der Waals surface area contributed by atoms with Crippen LogP contribution in [0, 0.1) is 0 Å². The highest BCUT2D eigenvalue weighted by Gasteiger charge is 2.13. The number of aryl methyl sites for hydroxylation is 1. The number of benzene rings is 1. The predicted octanol–water partition coefficient (Wildman–Crippen LogP) is 2.39. The van der Waals surface area contributed by atoms with Crippen molar-refractivity contribution in [2.45, 2.75) is 6.42 Å². The fraction of sp³-hybridized carbons (Fsp3) is 0.133. The maximum absolute atomic E-state index is 12.1. The molecule has 94 valence electrons. The second-order valence-electron chi connectivity index (χ2n) is 4.39. The third kappa shape index (κ3) is 2.12. The SMILES string of the molecule is Cn1c(CC(=O)c2ccccn2)nc2ccccc21. The minimum absolute atomic E-state index is 0.0148. The van der Waals surface area contributed by atoms with Crippen molar-refractivity contribution >= 4 is 16.8 Å². The van der Waals surface area contributed by atoms with Crippen molar-refractivity contribution in [2.75, 3.05) is 0 Å². The quantitative estimate of drug-likeness (QED) is 0.671. The van der Waals surface area contributed by atoms with Gasteiger partial charge in [-0.1, -0.05) is 18.2 Å². The Kier molecular flexibility index (Phi) is 2.83. The molecule has 0 atom stereocenters. The van der Waals surface area contributed by atoms with E-state index in [-0.39, 0.29) is 12.2 Å². The summed E-state index contributed by atoms with van der Waals surface area (Å²) in [6.07, 6.45) is 1.89. The van der Waals surface area contributed by atoms with Gasteiger partial charge in [0.05, 0.1) is 17.5 Å². The largest absolute Gasteiger partial charge is 0.331 e. The van der Waals surface area contributed by atoms with Gasteiger partial charge in [0, 0.05) is 13.2 Å². The highest BCUT2D eigenvalue weighted by Crippen LogP contribution is 2.15. The molecule has 2 aromatic heterocycles. The summed E-state index contributed by atoms with van der Waals surface area (Å²) in [5, 5.41) is 0. The minimum Gasteiger partial charge on any atom is -0.331 e. The van der Waals surface area contributed by atoms with Crippen LogP contribution in [-0.2, 0) is 13.5 Å². The molecule has 0 fully saturated rings. The van der Waals surface area contributed by atoms with Gasteiger partial charge in [0.15, 0.2) is 5.78 Å². The molecule has 3 aromatic rings. The molecule has 0 bridgehead atoms. The van der Waals surface area contributed by atoms with E-state index in [1.165, 1.54) is 0 Å². The summed E-state index contributed by atoms with van der Waals surface area (Å²) in [5.74, 6) is 0.746. The van der Waals surface area contributed by atoms with Crippen molar-refractivity contribution in [1.82, 2.24) is 14.5 Å². The number of rotatable bonds is 3. The molecular weight excluding hydrogens is 238 g/mol.